The van der Waals surface area contributed by atoms with Crippen molar-refractivity contribution in [3.05, 3.63) is 59.4 Å². The minimum Gasteiger partial charge on any atom is -0.345 e. The molecule has 0 aliphatic rings. The molecule has 2 rings (SSSR count). The lowest BCUT2D eigenvalue weighted by atomic mass is 10.1. The number of carbonyl (C=O) groups is 1. The zero-order valence-electron chi connectivity index (χ0n) is 9.07. The molecule has 1 aromatic heterocycles. The monoisotopic (exact) mass is 235 g/mol. The van der Waals surface area contributed by atoms with Crippen molar-refractivity contribution in [1.29, 1.82) is 0 Å². The molecule has 1 aromatic carbocycles. The summed E-state index contributed by atoms with van der Waals surface area (Å²) in [5.41, 5.74) is 1.13. The maximum Gasteiger partial charge on any atom is 0.166 e. The van der Waals surface area contributed by atoms with Crippen LogP contribution in [0.15, 0.2) is 36.5 Å². The van der Waals surface area contributed by atoms with E-state index in [0.717, 1.165) is 12.4 Å². The molecule has 0 fully saturated rings. The first-order valence-electron chi connectivity index (χ1n) is 5.24. The third-order valence-electron chi connectivity index (χ3n) is 2.55. The van der Waals surface area contributed by atoms with Gasteiger partial charge in [0.05, 0.1) is 5.69 Å². The number of aldehydes is 1. The number of hydrogen-bond acceptors (Lipinski definition) is 1. The Labute approximate surface area is 97.5 Å². The molecule has 0 saturated heterocycles. The minimum absolute atomic E-state index is 0.476. The highest BCUT2D eigenvalue weighted by molar-refractivity contribution is 5.72. The molecule has 0 aliphatic carbocycles. The predicted molar refractivity (Wildman–Crippen MR) is 59.9 cm³/mol. The van der Waals surface area contributed by atoms with Crippen LogP contribution in [-0.2, 0) is 13.0 Å². The third kappa shape index (κ3) is 2.78. The molecule has 0 aliphatic heterocycles. The van der Waals surface area contributed by atoms with Gasteiger partial charge in [-0.15, -0.1) is 0 Å². The van der Waals surface area contributed by atoms with Crippen molar-refractivity contribution in [3.8, 4) is 0 Å². The molecule has 0 N–H and O–H groups in total. The molecule has 2 nitrogen and oxygen atoms in total. The molecular formula is C13H11F2NO. The van der Waals surface area contributed by atoms with Gasteiger partial charge in [-0.05, 0) is 36.2 Å². The number of carbonyl (C=O) groups excluding carboxylic acids is 1. The van der Waals surface area contributed by atoms with E-state index >= 15 is 0 Å². The van der Waals surface area contributed by atoms with Gasteiger partial charge in [-0.2, -0.15) is 0 Å². The normalized spacial score (nSPS) is 10.5. The highest BCUT2D eigenvalue weighted by Gasteiger charge is 2.03. The van der Waals surface area contributed by atoms with Crippen molar-refractivity contribution in [1.82, 2.24) is 4.57 Å². The number of aryl methyl sites for hydroxylation is 2. The largest absolute Gasteiger partial charge is 0.345 e. The zero-order valence-corrected chi connectivity index (χ0v) is 9.07. The Kier molecular flexibility index (Phi) is 3.32. The van der Waals surface area contributed by atoms with Gasteiger partial charge in [0.1, 0.15) is 11.6 Å². The van der Waals surface area contributed by atoms with Crippen molar-refractivity contribution in [2.24, 2.45) is 0 Å². The van der Waals surface area contributed by atoms with Crippen LogP contribution >= 0.6 is 0 Å². The summed E-state index contributed by atoms with van der Waals surface area (Å²) in [4.78, 5) is 10.7. The average Bonchev–Trinajstić information content (AvgIpc) is 2.72. The maximum atomic E-state index is 12.9. The molecular weight excluding hydrogens is 224 g/mol. The van der Waals surface area contributed by atoms with Crippen molar-refractivity contribution >= 4 is 6.29 Å². The summed E-state index contributed by atoms with van der Waals surface area (Å²) < 4.78 is 27.6. The second kappa shape index (κ2) is 4.91. The van der Waals surface area contributed by atoms with E-state index < -0.39 is 11.6 Å². The summed E-state index contributed by atoms with van der Waals surface area (Å²) in [6.45, 7) is 0.518. The van der Waals surface area contributed by atoms with Crippen molar-refractivity contribution in [2.75, 3.05) is 0 Å². The second-order valence-corrected chi connectivity index (χ2v) is 3.77. The van der Waals surface area contributed by atoms with Crippen molar-refractivity contribution in [3.63, 3.8) is 0 Å². The van der Waals surface area contributed by atoms with Crippen molar-refractivity contribution < 1.29 is 13.6 Å². The van der Waals surface area contributed by atoms with E-state index in [-0.39, 0.29) is 0 Å². The van der Waals surface area contributed by atoms with Gasteiger partial charge in [0.2, 0.25) is 0 Å². The molecule has 0 atom stereocenters. The predicted octanol–water partition coefficient (Wildman–Crippen LogP) is 2.82. The fourth-order valence-corrected chi connectivity index (χ4v) is 1.74. The van der Waals surface area contributed by atoms with Gasteiger partial charge in [-0.1, -0.05) is 0 Å². The fraction of sp³-hybridized carbons (Fsp3) is 0.154. The number of halogens is 2. The summed E-state index contributed by atoms with van der Waals surface area (Å²) in [6.07, 6.45) is 3.00. The first-order chi connectivity index (χ1) is 8.19. The van der Waals surface area contributed by atoms with Gasteiger partial charge in [0.25, 0.3) is 0 Å². The first-order valence-corrected chi connectivity index (χ1v) is 5.24. The topological polar surface area (TPSA) is 22.0 Å². The van der Waals surface area contributed by atoms with Crippen LogP contribution in [0.2, 0.25) is 0 Å². The number of rotatable bonds is 4. The number of benzene rings is 1. The fourth-order valence-electron chi connectivity index (χ4n) is 1.74. The van der Waals surface area contributed by atoms with Gasteiger partial charge in [-0.25, -0.2) is 8.78 Å². The van der Waals surface area contributed by atoms with E-state index in [1.165, 1.54) is 12.1 Å². The van der Waals surface area contributed by atoms with Gasteiger partial charge < -0.3 is 4.57 Å². The van der Waals surface area contributed by atoms with E-state index in [1.54, 1.807) is 22.9 Å². The Bertz CT molecular complexity index is 514. The van der Waals surface area contributed by atoms with E-state index in [2.05, 4.69) is 0 Å². The van der Waals surface area contributed by atoms with E-state index in [9.17, 15) is 13.6 Å². The molecule has 2 aromatic rings. The number of aromatic nitrogens is 1. The Hall–Kier alpha value is -1.97. The Morgan fingerprint density at radius 3 is 2.53 bits per heavy atom. The second-order valence-electron chi connectivity index (χ2n) is 3.77. The molecule has 4 heteroatoms. The average molecular weight is 235 g/mol. The number of hydrogen-bond donors (Lipinski definition) is 0. The summed E-state index contributed by atoms with van der Waals surface area (Å²) in [6, 6.07) is 6.89. The van der Waals surface area contributed by atoms with Crippen LogP contribution in [0.3, 0.4) is 0 Å². The summed E-state index contributed by atoms with van der Waals surface area (Å²) in [5.74, 6) is -1.16. The van der Waals surface area contributed by atoms with Gasteiger partial charge in [0, 0.05) is 18.8 Å². The van der Waals surface area contributed by atoms with Crippen LogP contribution in [0.4, 0.5) is 8.78 Å². The molecule has 0 amide bonds. The van der Waals surface area contributed by atoms with Crippen LogP contribution in [0.5, 0.6) is 0 Å². The van der Waals surface area contributed by atoms with Crippen molar-refractivity contribution in [2.45, 2.75) is 13.0 Å². The molecule has 0 saturated carbocycles. The number of nitrogens with zero attached hydrogens (tertiary/aromatic N) is 1. The summed E-state index contributed by atoms with van der Waals surface area (Å²) in [7, 11) is 0. The molecule has 17 heavy (non-hydrogen) atoms. The highest BCUT2D eigenvalue weighted by Crippen LogP contribution is 2.10. The quantitative estimate of drug-likeness (QED) is 0.747. The molecule has 0 radical (unpaired) electrons. The SMILES string of the molecule is O=Cc1cccn1CCc1cc(F)cc(F)c1. The summed E-state index contributed by atoms with van der Waals surface area (Å²) >= 11 is 0. The molecule has 1 heterocycles. The summed E-state index contributed by atoms with van der Waals surface area (Å²) in [5, 5.41) is 0. The van der Waals surface area contributed by atoms with Crippen LogP contribution in [0.1, 0.15) is 16.1 Å². The molecule has 0 unspecified atom stereocenters. The van der Waals surface area contributed by atoms with Gasteiger partial charge >= 0.3 is 0 Å². The lowest BCUT2D eigenvalue weighted by Gasteiger charge is -2.06. The lowest BCUT2D eigenvalue weighted by molar-refractivity contribution is 0.111. The highest BCUT2D eigenvalue weighted by atomic mass is 19.1. The molecule has 0 bridgehead atoms. The standard InChI is InChI=1S/C13H11F2NO/c14-11-6-10(7-12(15)8-11)3-5-16-4-1-2-13(16)9-17/h1-2,4,6-9H,3,5H2. The third-order valence-corrected chi connectivity index (χ3v) is 2.55. The molecule has 88 valence electrons. The first kappa shape index (κ1) is 11.5. The van der Waals surface area contributed by atoms with Crippen LogP contribution in [0, 0.1) is 11.6 Å². The van der Waals surface area contributed by atoms with E-state index in [0.29, 0.717) is 24.2 Å². The lowest BCUT2D eigenvalue weighted by Crippen LogP contribution is -2.04. The smallest absolute Gasteiger partial charge is 0.166 e. The Morgan fingerprint density at radius 1 is 1.18 bits per heavy atom. The maximum absolute atomic E-state index is 12.9. The van der Waals surface area contributed by atoms with Crippen LogP contribution in [0.25, 0.3) is 0 Å². The Morgan fingerprint density at radius 2 is 1.88 bits per heavy atom. The van der Waals surface area contributed by atoms with E-state index in [1.807, 2.05) is 0 Å². The zero-order chi connectivity index (χ0) is 12.3. The van der Waals surface area contributed by atoms with Gasteiger partial charge in [0.15, 0.2) is 6.29 Å². The minimum atomic E-state index is -0.580. The Balaban J connectivity index is 2.09. The van der Waals surface area contributed by atoms with Crippen LogP contribution < -0.4 is 0 Å². The molecule has 0 spiro atoms. The van der Waals surface area contributed by atoms with Gasteiger partial charge in [-0.3, -0.25) is 4.79 Å². The van der Waals surface area contributed by atoms with E-state index in [4.69, 9.17) is 0 Å². The van der Waals surface area contributed by atoms with Crippen LogP contribution in [-0.4, -0.2) is 10.9 Å².